The first-order chi connectivity index (χ1) is 13.3. The highest BCUT2D eigenvalue weighted by Crippen LogP contribution is 2.40. The standard InChI is InChI=1S/C20H26BNO6/c1-2-27-16(19(24)25)11-13-3-5-15(6-4-13)28-12-20(26)14-7-9-22(10-8-14)17(20)18(21)23/h3-6,14,16-17,26H,2,7-12H2,1H3,(H,24,25). The quantitative estimate of drug-likeness (QED) is 0.600. The zero-order valence-corrected chi connectivity index (χ0v) is 16.0. The Labute approximate surface area is 166 Å². The lowest BCUT2D eigenvalue weighted by Gasteiger charge is -2.55. The number of hydrogen-bond donors (Lipinski definition) is 2. The second-order valence-electron chi connectivity index (χ2n) is 7.53. The summed E-state index contributed by atoms with van der Waals surface area (Å²) in [6, 6.07) is 6.27. The van der Waals surface area contributed by atoms with E-state index in [2.05, 4.69) is 0 Å². The molecule has 1 aromatic rings. The van der Waals surface area contributed by atoms with Crippen molar-refractivity contribution in [1.29, 1.82) is 0 Å². The number of rotatable bonds is 9. The molecule has 3 aliphatic rings. The first kappa shape index (κ1) is 20.8. The van der Waals surface area contributed by atoms with Gasteiger partial charge in [0.2, 0.25) is 0 Å². The zero-order valence-electron chi connectivity index (χ0n) is 16.0. The van der Waals surface area contributed by atoms with Crippen LogP contribution in [-0.4, -0.2) is 78.7 Å². The van der Waals surface area contributed by atoms with E-state index in [4.69, 9.17) is 17.3 Å². The van der Waals surface area contributed by atoms with Crippen molar-refractivity contribution in [2.75, 3.05) is 26.3 Å². The fourth-order valence-electron chi connectivity index (χ4n) is 4.37. The van der Waals surface area contributed by atoms with Crippen LogP contribution in [0.1, 0.15) is 25.3 Å². The minimum atomic E-state index is -1.30. The van der Waals surface area contributed by atoms with Crippen LogP contribution in [-0.2, 0) is 20.7 Å². The first-order valence-electron chi connectivity index (χ1n) is 9.67. The molecule has 3 atom stereocenters. The van der Waals surface area contributed by atoms with Gasteiger partial charge in [0.25, 0.3) is 0 Å². The number of carboxylic acid groups (broad SMARTS) is 1. The highest BCUT2D eigenvalue weighted by Gasteiger charge is 2.55. The van der Waals surface area contributed by atoms with Crippen LogP contribution in [0.4, 0.5) is 0 Å². The maximum absolute atomic E-state index is 11.9. The van der Waals surface area contributed by atoms with Gasteiger partial charge in [0.15, 0.2) is 14.0 Å². The van der Waals surface area contributed by atoms with Gasteiger partial charge in [-0.05, 0) is 56.5 Å². The summed E-state index contributed by atoms with van der Waals surface area (Å²) < 4.78 is 11.0. The van der Waals surface area contributed by atoms with Crippen LogP contribution >= 0.6 is 0 Å². The lowest BCUT2D eigenvalue weighted by atomic mass is 9.66. The van der Waals surface area contributed by atoms with Crippen LogP contribution in [0.25, 0.3) is 0 Å². The predicted molar refractivity (Wildman–Crippen MR) is 102 cm³/mol. The monoisotopic (exact) mass is 387 g/mol. The second kappa shape index (κ2) is 8.63. The Hall–Kier alpha value is -1.90. The Morgan fingerprint density at radius 2 is 1.93 bits per heavy atom. The molecule has 0 saturated carbocycles. The topological polar surface area (TPSA) is 96.3 Å². The Balaban J connectivity index is 1.64. The molecule has 2 bridgehead atoms. The largest absolute Gasteiger partial charge is 0.491 e. The molecule has 2 radical (unpaired) electrons. The molecule has 8 heteroatoms. The summed E-state index contributed by atoms with van der Waals surface area (Å²) in [6.07, 6.45) is 1.00. The van der Waals surface area contributed by atoms with Crippen molar-refractivity contribution in [3.63, 3.8) is 0 Å². The summed E-state index contributed by atoms with van der Waals surface area (Å²) in [6.45, 7) is 3.60. The number of ether oxygens (including phenoxy) is 2. The van der Waals surface area contributed by atoms with Gasteiger partial charge in [-0.25, -0.2) is 4.79 Å². The maximum Gasteiger partial charge on any atom is 0.333 e. The minimum Gasteiger partial charge on any atom is -0.491 e. The number of nitrogens with zero attached hydrogens (tertiary/aromatic N) is 1. The Morgan fingerprint density at radius 1 is 1.29 bits per heavy atom. The molecule has 0 spiro atoms. The molecule has 3 unspecified atom stereocenters. The Morgan fingerprint density at radius 3 is 2.46 bits per heavy atom. The van der Waals surface area contributed by atoms with Gasteiger partial charge in [-0.3, -0.25) is 4.90 Å². The van der Waals surface area contributed by atoms with Gasteiger partial charge < -0.3 is 24.5 Å². The van der Waals surface area contributed by atoms with E-state index < -0.39 is 29.4 Å². The second-order valence-corrected chi connectivity index (χ2v) is 7.53. The third-order valence-electron chi connectivity index (χ3n) is 5.80. The van der Waals surface area contributed by atoms with E-state index in [9.17, 15) is 19.8 Å². The summed E-state index contributed by atoms with van der Waals surface area (Å²) in [5.41, 5.74) is -1.02. The molecule has 3 aliphatic heterocycles. The lowest BCUT2D eigenvalue weighted by molar-refractivity contribution is -0.174. The van der Waals surface area contributed by atoms with Crippen LogP contribution in [0.2, 0.25) is 0 Å². The maximum atomic E-state index is 11.9. The minimum absolute atomic E-state index is 0.0161. The molecule has 3 heterocycles. The molecule has 28 heavy (non-hydrogen) atoms. The Kier molecular flexibility index (Phi) is 6.42. The van der Waals surface area contributed by atoms with Gasteiger partial charge in [0.1, 0.15) is 18.0 Å². The summed E-state index contributed by atoms with van der Waals surface area (Å²) in [5.74, 6) is -0.471. The summed E-state index contributed by atoms with van der Waals surface area (Å²) >= 11 is 0. The van der Waals surface area contributed by atoms with Gasteiger partial charge in [-0.15, -0.1) is 0 Å². The third-order valence-corrected chi connectivity index (χ3v) is 5.80. The zero-order chi connectivity index (χ0) is 20.3. The van der Waals surface area contributed by atoms with Crippen molar-refractivity contribution in [3.05, 3.63) is 29.8 Å². The van der Waals surface area contributed by atoms with Crippen molar-refractivity contribution in [2.24, 2.45) is 5.92 Å². The van der Waals surface area contributed by atoms with Crippen LogP contribution in [0.3, 0.4) is 0 Å². The van der Waals surface area contributed by atoms with Crippen molar-refractivity contribution >= 4 is 19.5 Å². The molecule has 3 fully saturated rings. The SMILES string of the molecule is [B]C(=O)C1N2CCC(CC2)C1(O)COc1ccc(CC(OCC)C(=O)O)cc1. The molecule has 3 saturated heterocycles. The third kappa shape index (κ3) is 4.24. The van der Waals surface area contributed by atoms with Gasteiger partial charge in [-0.1, -0.05) is 12.1 Å². The molecule has 150 valence electrons. The van der Waals surface area contributed by atoms with Crippen molar-refractivity contribution in [1.82, 2.24) is 4.90 Å². The van der Waals surface area contributed by atoms with Crippen molar-refractivity contribution in [3.8, 4) is 5.75 Å². The highest BCUT2D eigenvalue weighted by molar-refractivity contribution is 6.59. The van der Waals surface area contributed by atoms with E-state index in [1.807, 2.05) is 4.90 Å². The summed E-state index contributed by atoms with van der Waals surface area (Å²) in [7, 11) is 5.56. The number of aliphatic hydroxyl groups is 1. The number of carboxylic acids is 1. The van der Waals surface area contributed by atoms with Gasteiger partial charge >= 0.3 is 5.97 Å². The van der Waals surface area contributed by atoms with Crippen LogP contribution < -0.4 is 4.74 Å². The summed E-state index contributed by atoms with van der Waals surface area (Å²) in [5, 5.41) is 20.4. The molecular weight excluding hydrogens is 361 g/mol. The molecule has 4 rings (SSSR count). The normalized spacial score (nSPS) is 30.0. The smallest absolute Gasteiger partial charge is 0.333 e. The van der Waals surface area contributed by atoms with Crippen LogP contribution in [0, 0.1) is 5.92 Å². The number of benzene rings is 1. The number of carbonyl (C=O) groups excluding carboxylic acids is 1. The predicted octanol–water partition coefficient (Wildman–Crippen LogP) is 0.618. The fraction of sp³-hybridized carbons (Fsp3) is 0.600. The number of fused-ring (bicyclic) bond motifs is 3. The molecule has 2 N–H and O–H groups in total. The lowest BCUT2D eigenvalue weighted by Crippen LogP contribution is -2.70. The van der Waals surface area contributed by atoms with E-state index in [0.29, 0.717) is 12.4 Å². The van der Waals surface area contributed by atoms with E-state index >= 15 is 0 Å². The molecule has 1 aromatic carbocycles. The average Bonchev–Trinajstić information content (AvgIpc) is 2.67. The van der Waals surface area contributed by atoms with E-state index in [1.54, 1.807) is 31.2 Å². The Bertz CT molecular complexity index is 703. The van der Waals surface area contributed by atoms with Gasteiger partial charge in [0.05, 0.1) is 11.7 Å². The average molecular weight is 387 g/mol. The first-order valence-corrected chi connectivity index (χ1v) is 9.67. The number of hydrogen-bond acceptors (Lipinski definition) is 6. The molecule has 0 aliphatic carbocycles. The number of aliphatic carboxylic acids is 1. The van der Waals surface area contributed by atoms with Crippen molar-refractivity contribution < 1.29 is 29.3 Å². The summed E-state index contributed by atoms with van der Waals surface area (Å²) in [4.78, 5) is 25.1. The molecular formula is C20H26BNO6. The number of carbonyl (C=O) groups is 2. The van der Waals surface area contributed by atoms with Gasteiger partial charge in [0, 0.05) is 13.0 Å². The van der Waals surface area contributed by atoms with E-state index in [0.717, 1.165) is 31.5 Å². The van der Waals surface area contributed by atoms with Crippen molar-refractivity contribution in [2.45, 2.75) is 43.9 Å². The molecule has 7 nitrogen and oxygen atoms in total. The van der Waals surface area contributed by atoms with E-state index in [-0.39, 0.29) is 18.9 Å². The number of piperidine rings is 3. The molecule has 0 aromatic heterocycles. The molecule has 0 amide bonds. The fourth-order valence-corrected chi connectivity index (χ4v) is 4.37. The van der Waals surface area contributed by atoms with E-state index in [1.165, 1.54) is 0 Å². The highest BCUT2D eigenvalue weighted by atomic mass is 16.5. The van der Waals surface area contributed by atoms with Crippen LogP contribution in [0.5, 0.6) is 5.75 Å². The van der Waals surface area contributed by atoms with Crippen LogP contribution in [0.15, 0.2) is 24.3 Å². The van der Waals surface area contributed by atoms with Gasteiger partial charge in [-0.2, -0.15) is 0 Å².